The summed E-state index contributed by atoms with van der Waals surface area (Å²) in [6, 6.07) is 4.94. The van der Waals surface area contributed by atoms with E-state index in [0.29, 0.717) is 42.7 Å². The van der Waals surface area contributed by atoms with Crippen LogP contribution in [0.2, 0.25) is 0 Å². The number of halogens is 1. The fourth-order valence-electron chi connectivity index (χ4n) is 2.35. The predicted octanol–water partition coefficient (Wildman–Crippen LogP) is 0.328. The number of tetrazole rings is 1. The van der Waals surface area contributed by atoms with Gasteiger partial charge < -0.3 is 20.1 Å². The normalized spacial score (nSPS) is 17.0. The van der Waals surface area contributed by atoms with Gasteiger partial charge in [-0.1, -0.05) is 0 Å². The van der Waals surface area contributed by atoms with Crippen molar-refractivity contribution in [2.24, 2.45) is 0 Å². The minimum Gasteiger partial charge on any atom is -0.494 e. The van der Waals surface area contributed by atoms with Crippen molar-refractivity contribution >= 4 is 24.0 Å². The SMILES string of the molecule is COc1ccc(NC(=O)C2COCCN2)cc1-n1nnnc1C.Cl. The number of aryl methyl sites for hydroxylation is 1. The molecular formula is C14H19ClN6O3. The molecule has 0 saturated carbocycles. The number of anilines is 1. The smallest absolute Gasteiger partial charge is 0.243 e. The van der Waals surface area contributed by atoms with Crippen molar-refractivity contribution in [1.29, 1.82) is 0 Å². The largest absolute Gasteiger partial charge is 0.494 e. The fraction of sp³-hybridized carbons (Fsp3) is 0.429. The highest BCUT2D eigenvalue weighted by Crippen LogP contribution is 2.26. The zero-order valence-electron chi connectivity index (χ0n) is 13.4. The van der Waals surface area contributed by atoms with Crippen molar-refractivity contribution in [3.8, 4) is 11.4 Å². The van der Waals surface area contributed by atoms with Crippen LogP contribution in [0.25, 0.3) is 5.69 Å². The minimum atomic E-state index is -0.357. The second-order valence-electron chi connectivity index (χ2n) is 5.10. The van der Waals surface area contributed by atoms with Gasteiger partial charge in [0.2, 0.25) is 5.91 Å². The average Bonchev–Trinajstić information content (AvgIpc) is 3.01. The van der Waals surface area contributed by atoms with Gasteiger partial charge in [-0.3, -0.25) is 4.79 Å². The number of nitrogens with zero attached hydrogens (tertiary/aromatic N) is 4. The van der Waals surface area contributed by atoms with E-state index in [1.807, 2.05) is 0 Å². The molecule has 0 aliphatic carbocycles. The topological polar surface area (TPSA) is 103 Å². The maximum atomic E-state index is 12.3. The van der Waals surface area contributed by atoms with Crippen molar-refractivity contribution in [2.75, 3.05) is 32.2 Å². The predicted molar refractivity (Wildman–Crippen MR) is 88.9 cm³/mol. The van der Waals surface area contributed by atoms with Crippen molar-refractivity contribution < 1.29 is 14.3 Å². The lowest BCUT2D eigenvalue weighted by Crippen LogP contribution is -2.48. The van der Waals surface area contributed by atoms with Crippen LogP contribution in [0.5, 0.6) is 5.75 Å². The second-order valence-corrected chi connectivity index (χ2v) is 5.10. The first-order chi connectivity index (χ1) is 11.2. The van der Waals surface area contributed by atoms with E-state index in [9.17, 15) is 4.79 Å². The molecule has 1 aliphatic rings. The highest BCUT2D eigenvalue weighted by atomic mass is 35.5. The zero-order chi connectivity index (χ0) is 16.2. The molecule has 1 atom stereocenters. The van der Waals surface area contributed by atoms with Crippen LogP contribution < -0.4 is 15.4 Å². The number of carbonyl (C=O) groups excluding carboxylic acids is 1. The number of methoxy groups -OCH3 is 1. The Labute approximate surface area is 145 Å². The van der Waals surface area contributed by atoms with Crippen LogP contribution in [-0.2, 0) is 9.53 Å². The van der Waals surface area contributed by atoms with Gasteiger partial charge in [-0.15, -0.1) is 17.5 Å². The number of aromatic nitrogens is 4. The van der Waals surface area contributed by atoms with E-state index in [1.54, 1.807) is 36.9 Å². The summed E-state index contributed by atoms with van der Waals surface area (Å²) in [5, 5.41) is 17.4. The third-order valence-corrected chi connectivity index (χ3v) is 3.54. The molecule has 1 aromatic carbocycles. The van der Waals surface area contributed by atoms with Crippen LogP contribution in [0, 0.1) is 6.92 Å². The Bertz CT molecular complexity index is 702. The average molecular weight is 355 g/mol. The summed E-state index contributed by atoms with van der Waals surface area (Å²) in [4.78, 5) is 12.3. The Kier molecular flexibility index (Phi) is 6.07. The lowest BCUT2D eigenvalue weighted by molar-refractivity contribution is -0.120. The van der Waals surface area contributed by atoms with Crippen LogP contribution >= 0.6 is 12.4 Å². The third kappa shape index (κ3) is 3.81. The van der Waals surface area contributed by atoms with E-state index < -0.39 is 0 Å². The molecule has 130 valence electrons. The number of rotatable bonds is 4. The molecule has 2 heterocycles. The number of nitrogens with one attached hydrogen (secondary N) is 2. The van der Waals surface area contributed by atoms with Crippen molar-refractivity contribution in [2.45, 2.75) is 13.0 Å². The van der Waals surface area contributed by atoms with E-state index in [2.05, 4.69) is 26.2 Å². The van der Waals surface area contributed by atoms with Gasteiger partial charge in [-0.05, 0) is 35.5 Å². The van der Waals surface area contributed by atoms with Gasteiger partial charge >= 0.3 is 0 Å². The summed E-state index contributed by atoms with van der Waals surface area (Å²) < 4.78 is 12.2. The molecule has 1 saturated heterocycles. The summed E-state index contributed by atoms with van der Waals surface area (Å²) >= 11 is 0. The molecule has 2 N–H and O–H groups in total. The monoisotopic (exact) mass is 354 g/mol. The van der Waals surface area contributed by atoms with Gasteiger partial charge in [-0.2, -0.15) is 4.68 Å². The number of morpholine rings is 1. The molecule has 1 unspecified atom stereocenters. The minimum absolute atomic E-state index is 0. The number of ether oxygens (including phenoxy) is 2. The van der Waals surface area contributed by atoms with Gasteiger partial charge in [0.15, 0.2) is 5.82 Å². The summed E-state index contributed by atoms with van der Waals surface area (Å²) in [7, 11) is 1.57. The molecule has 2 aromatic rings. The number of benzene rings is 1. The Morgan fingerprint density at radius 2 is 2.33 bits per heavy atom. The molecule has 1 aromatic heterocycles. The lowest BCUT2D eigenvalue weighted by Gasteiger charge is -2.23. The van der Waals surface area contributed by atoms with Crippen LogP contribution in [-0.4, -0.2) is 59.0 Å². The van der Waals surface area contributed by atoms with Crippen LogP contribution in [0.1, 0.15) is 5.82 Å². The Balaban J connectivity index is 0.00000208. The molecule has 1 fully saturated rings. The maximum absolute atomic E-state index is 12.3. The van der Waals surface area contributed by atoms with Crippen LogP contribution in [0.4, 0.5) is 5.69 Å². The van der Waals surface area contributed by atoms with E-state index in [4.69, 9.17) is 9.47 Å². The quantitative estimate of drug-likeness (QED) is 0.815. The molecule has 0 bridgehead atoms. The van der Waals surface area contributed by atoms with E-state index in [0.717, 1.165) is 0 Å². The molecule has 24 heavy (non-hydrogen) atoms. The summed E-state index contributed by atoms with van der Waals surface area (Å²) in [5.74, 6) is 1.08. The molecule has 10 heteroatoms. The Morgan fingerprint density at radius 3 is 2.96 bits per heavy atom. The van der Waals surface area contributed by atoms with Gasteiger partial charge in [-0.25, -0.2) is 0 Å². The van der Waals surface area contributed by atoms with E-state index in [1.165, 1.54) is 0 Å². The first-order valence-corrected chi connectivity index (χ1v) is 7.24. The maximum Gasteiger partial charge on any atom is 0.243 e. The first kappa shape index (κ1) is 18.1. The molecule has 1 amide bonds. The first-order valence-electron chi connectivity index (χ1n) is 7.24. The van der Waals surface area contributed by atoms with Gasteiger partial charge in [0.1, 0.15) is 17.5 Å². The van der Waals surface area contributed by atoms with E-state index in [-0.39, 0.29) is 24.4 Å². The zero-order valence-corrected chi connectivity index (χ0v) is 14.2. The molecule has 0 radical (unpaired) electrons. The van der Waals surface area contributed by atoms with Crippen molar-refractivity contribution in [3.05, 3.63) is 24.0 Å². The molecule has 3 rings (SSSR count). The molecular weight excluding hydrogens is 336 g/mol. The van der Waals surface area contributed by atoms with E-state index >= 15 is 0 Å². The highest BCUT2D eigenvalue weighted by Gasteiger charge is 2.21. The summed E-state index contributed by atoms with van der Waals surface area (Å²) in [6.07, 6.45) is 0. The highest BCUT2D eigenvalue weighted by molar-refractivity contribution is 5.95. The van der Waals surface area contributed by atoms with Crippen LogP contribution in [0.15, 0.2) is 18.2 Å². The van der Waals surface area contributed by atoms with Gasteiger partial charge in [0, 0.05) is 12.2 Å². The summed E-state index contributed by atoms with van der Waals surface area (Å²) in [5.41, 5.74) is 1.29. The molecule has 0 spiro atoms. The molecule has 9 nitrogen and oxygen atoms in total. The van der Waals surface area contributed by atoms with Gasteiger partial charge in [0.05, 0.1) is 20.3 Å². The molecule has 1 aliphatic heterocycles. The number of amides is 1. The van der Waals surface area contributed by atoms with Crippen molar-refractivity contribution in [1.82, 2.24) is 25.5 Å². The number of carbonyl (C=O) groups is 1. The standard InChI is InChI=1S/C14H18N6O3.ClH/c1-9-17-18-19-20(9)12-7-10(3-4-13(12)22-2)16-14(21)11-8-23-6-5-15-11;/h3-4,7,11,15H,5-6,8H2,1-2H3,(H,16,21);1H. The van der Waals surface area contributed by atoms with Gasteiger partial charge in [0.25, 0.3) is 0 Å². The number of hydrogen-bond acceptors (Lipinski definition) is 7. The Hall–Kier alpha value is -2.23. The fourth-order valence-corrected chi connectivity index (χ4v) is 2.35. The third-order valence-electron chi connectivity index (χ3n) is 3.54. The van der Waals surface area contributed by atoms with Crippen LogP contribution in [0.3, 0.4) is 0 Å². The van der Waals surface area contributed by atoms with Crippen molar-refractivity contribution in [3.63, 3.8) is 0 Å². The summed E-state index contributed by atoms with van der Waals surface area (Å²) in [6.45, 7) is 3.43. The lowest BCUT2D eigenvalue weighted by atomic mass is 10.2. The Morgan fingerprint density at radius 1 is 1.50 bits per heavy atom. The second kappa shape index (κ2) is 8.04. The number of hydrogen-bond donors (Lipinski definition) is 2.